The van der Waals surface area contributed by atoms with Gasteiger partial charge in [0.1, 0.15) is 0 Å². The summed E-state index contributed by atoms with van der Waals surface area (Å²) >= 11 is 0. The molecule has 0 aromatic carbocycles. The van der Waals surface area contributed by atoms with Crippen molar-refractivity contribution in [2.24, 2.45) is 0 Å². The Bertz CT molecular complexity index is 392. The van der Waals surface area contributed by atoms with Gasteiger partial charge in [0.05, 0.1) is 11.1 Å². The van der Waals surface area contributed by atoms with Gasteiger partial charge in [0.25, 0.3) is 5.71 Å². The molecule has 0 spiro atoms. The average molecular weight is 147 g/mol. The molecule has 0 aliphatic carbocycles. The van der Waals surface area contributed by atoms with E-state index in [0.29, 0.717) is 5.71 Å². The van der Waals surface area contributed by atoms with E-state index in [1.807, 2.05) is 19.9 Å². The van der Waals surface area contributed by atoms with Gasteiger partial charge in [-0.2, -0.15) is 0 Å². The number of aryl methyl sites for hydroxylation is 2. The van der Waals surface area contributed by atoms with Crippen molar-refractivity contribution in [1.82, 2.24) is 10.1 Å². The second-order valence-electron chi connectivity index (χ2n) is 2.49. The van der Waals surface area contributed by atoms with Crippen LogP contribution in [0, 0.1) is 19.9 Å². The van der Waals surface area contributed by atoms with Gasteiger partial charge in [-0.05, 0) is 26.0 Å². The predicted octanol–water partition coefficient (Wildman–Crippen LogP) is 1.64. The second-order valence-corrected chi connectivity index (χ2v) is 2.49. The van der Waals surface area contributed by atoms with Gasteiger partial charge in [-0.15, -0.1) is 0 Å². The topological polar surface area (TPSA) is 38.9 Å². The molecule has 0 atom stereocenters. The lowest BCUT2D eigenvalue weighted by atomic mass is 10.2. The van der Waals surface area contributed by atoms with Crippen LogP contribution >= 0.6 is 0 Å². The minimum absolute atomic E-state index is 0.572. The zero-order valence-electron chi connectivity index (χ0n) is 6.38. The van der Waals surface area contributed by atoms with Crippen LogP contribution in [0.4, 0.5) is 0 Å². The quantitative estimate of drug-likeness (QED) is 0.568. The lowest BCUT2D eigenvalue weighted by Gasteiger charge is -1.87. The highest BCUT2D eigenvalue weighted by molar-refractivity contribution is 5.74. The molecular formula is C8H7N2O. The highest BCUT2D eigenvalue weighted by Crippen LogP contribution is 2.14. The minimum atomic E-state index is 0.572. The van der Waals surface area contributed by atoms with Gasteiger partial charge < -0.3 is 4.52 Å². The molecule has 0 unspecified atom stereocenters. The summed E-state index contributed by atoms with van der Waals surface area (Å²) in [5.41, 5.74) is 2.31. The summed E-state index contributed by atoms with van der Waals surface area (Å²) in [6.07, 6.45) is 0. The van der Waals surface area contributed by atoms with Crippen molar-refractivity contribution in [3.05, 3.63) is 23.5 Å². The first-order valence-corrected chi connectivity index (χ1v) is 3.38. The van der Waals surface area contributed by atoms with Gasteiger partial charge in [-0.25, -0.2) is 4.98 Å². The van der Waals surface area contributed by atoms with Gasteiger partial charge >= 0.3 is 0 Å². The molecule has 0 aliphatic heterocycles. The molecule has 0 N–H and O–H groups in total. The maximum absolute atomic E-state index is 4.94. The van der Waals surface area contributed by atoms with E-state index in [1.165, 1.54) is 0 Å². The van der Waals surface area contributed by atoms with Gasteiger partial charge in [0, 0.05) is 5.69 Å². The van der Waals surface area contributed by atoms with Gasteiger partial charge in [-0.1, -0.05) is 5.16 Å². The zero-order valence-corrected chi connectivity index (χ0v) is 6.38. The minimum Gasteiger partial charge on any atom is -0.336 e. The van der Waals surface area contributed by atoms with Crippen LogP contribution in [0.1, 0.15) is 11.4 Å². The van der Waals surface area contributed by atoms with Crippen LogP contribution in [0.15, 0.2) is 10.6 Å². The molecule has 0 saturated heterocycles. The molecular weight excluding hydrogens is 140 g/mol. The largest absolute Gasteiger partial charge is 0.336 e. The second kappa shape index (κ2) is 2.05. The number of rotatable bonds is 0. The summed E-state index contributed by atoms with van der Waals surface area (Å²) in [7, 11) is 0. The summed E-state index contributed by atoms with van der Waals surface area (Å²) in [5.74, 6) is 0. The standard InChI is InChI=1S/C8H7N2O/c1-5-3-4-7-6(2)10-11-8(7)9-5/h3H,1-2H3. The van der Waals surface area contributed by atoms with Crippen LogP contribution in [0.25, 0.3) is 11.1 Å². The lowest BCUT2D eigenvalue weighted by molar-refractivity contribution is 0.442. The Morgan fingerprint density at radius 1 is 1.45 bits per heavy atom. The Hall–Kier alpha value is -1.38. The summed E-state index contributed by atoms with van der Waals surface area (Å²) in [4.78, 5) is 4.14. The molecule has 0 amide bonds. The molecule has 11 heavy (non-hydrogen) atoms. The third-order valence-electron chi connectivity index (χ3n) is 1.55. The number of fused-ring (bicyclic) bond motifs is 1. The van der Waals surface area contributed by atoms with Crippen molar-refractivity contribution in [3.63, 3.8) is 0 Å². The van der Waals surface area contributed by atoms with E-state index in [1.54, 1.807) is 0 Å². The highest BCUT2D eigenvalue weighted by atomic mass is 16.5. The maximum Gasteiger partial charge on any atom is 0.258 e. The van der Waals surface area contributed by atoms with E-state index < -0.39 is 0 Å². The monoisotopic (exact) mass is 147 g/mol. The van der Waals surface area contributed by atoms with Gasteiger partial charge in [0.2, 0.25) is 0 Å². The van der Waals surface area contributed by atoms with Gasteiger partial charge in [-0.3, -0.25) is 0 Å². The molecule has 0 aliphatic rings. The molecule has 1 radical (unpaired) electrons. The number of hydrogen-bond donors (Lipinski definition) is 0. The molecule has 0 bridgehead atoms. The summed E-state index contributed by atoms with van der Waals surface area (Å²) in [5, 5.41) is 4.64. The highest BCUT2D eigenvalue weighted by Gasteiger charge is 2.03. The number of pyridine rings is 1. The van der Waals surface area contributed by atoms with Crippen LogP contribution in [0.5, 0.6) is 0 Å². The van der Waals surface area contributed by atoms with Crippen LogP contribution in [-0.2, 0) is 0 Å². The molecule has 2 rings (SSSR count). The van der Waals surface area contributed by atoms with E-state index in [-0.39, 0.29) is 0 Å². The molecule has 55 valence electrons. The Kier molecular flexibility index (Phi) is 1.18. The smallest absolute Gasteiger partial charge is 0.258 e. The van der Waals surface area contributed by atoms with Crippen molar-refractivity contribution in [1.29, 1.82) is 0 Å². The van der Waals surface area contributed by atoms with Crippen molar-refractivity contribution >= 4 is 11.1 Å². The summed E-state index contributed by atoms with van der Waals surface area (Å²) in [6.45, 7) is 3.77. The molecule has 3 nitrogen and oxygen atoms in total. The van der Waals surface area contributed by atoms with Crippen molar-refractivity contribution in [2.75, 3.05) is 0 Å². The fourth-order valence-electron chi connectivity index (χ4n) is 0.969. The lowest BCUT2D eigenvalue weighted by Crippen LogP contribution is -1.79. The van der Waals surface area contributed by atoms with Crippen molar-refractivity contribution in [2.45, 2.75) is 13.8 Å². The van der Waals surface area contributed by atoms with Crippen LogP contribution in [0.2, 0.25) is 0 Å². The van der Waals surface area contributed by atoms with Gasteiger partial charge in [0.15, 0.2) is 0 Å². The Balaban J connectivity index is 2.86. The Morgan fingerprint density at radius 3 is 3.09 bits per heavy atom. The first-order chi connectivity index (χ1) is 5.27. The Labute approximate surface area is 64.0 Å². The number of aromatic nitrogens is 2. The van der Waals surface area contributed by atoms with E-state index in [0.717, 1.165) is 16.8 Å². The molecule has 0 fully saturated rings. The van der Waals surface area contributed by atoms with Crippen LogP contribution in [-0.4, -0.2) is 10.1 Å². The fraction of sp³-hybridized carbons (Fsp3) is 0.250. The Morgan fingerprint density at radius 2 is 2.27 bits per heavy atom. The zero-order chi connectivity index (χ0) is 7.84. The van der Waals surface area contributed by atoms with E-state index in [4.69, 9.17) is 4.52 Å². The molecule has 2 aromatic rings. The molecule has 2 heterocycles. The molecule has 2 aromatic heterocycles. The van der Waals surface area contributed by atoms with Crippen LogP contribution in [0.3, 0.4) is 0 Å². The molecule has 0 saturated carbocycles. The average Bonchev–Trinajstić information content (AvgIpc) is 2.32. The van der Waals surface area contributed by atoms with Crippen molar-refractivity contribution in [3.8, 4) is 0 Å². The summed E-state index contributed by atoms with van der Waals surface area (Å²) < 4.78 is 4.94. The first-order valence-electron chi connectivity index (χ1n) is 3.38. The number of nitrogens with zero attached hydrogens (tertiary/aromatic N) is 2. The predicted molar refractivity (Wildman–Crippen MR) is 40.1 cm³/mol. The normalized spacial score (nSPS) is 10.7. The van der Waals surface area contributed by atoms with Crippen molar-refractivity contribution < 1.29 is 4.52 Å². The van der Waals surface area contributed by atoms with E-state index in [9.17, 15) is 0 Å². The maximum atomic E-state index is 4.94. The summed E-state index contributed by atoms with van der Waals surface area (Å²) in [6, 6.07) is 4.87. The third-order valence-corrected chi connectivity index (χ3v) is 1.55. The first kappa shape index (κ1) is 6.34. The SMILES string of the molecule is Cc1c[c]c2c(C)noc2n1. The fourth-order valence-corrected chi connectivity index (χ4v) is 0.969. The number of hydrogen-bond acceptors (Lipinski definition) is 3. The van der Waals surface area contributed by atoms with Crippen LogP contribution < -0.4 is 0 Å². The van der Waals surface area contributed by atoms with E-state index in [2.05, 4.69) is 16.2 Å². The molecule has 3 heteroatoms. The van der Waals surface area contributed by atoms with E-state index >= 15 is 0 Å². The third kappa shape index (κ3) is 0.888.